The molecular formula is C53H80N6O12. The van der Waals surface area contributed by atoms with Crippen molar-refractivity contribution in [2.45, 2.75) is 162 Å². The van der Waals surface area contributed by atoms with Crippen LogP contribution in [0.15, 0.2) is 60.7 Å². The summed E-state index contributed by atoms with van der Waals surface area (Å²) in [6.45, 7) is 19.5. The second-order valence-corrected chi connectivity index (χ2v) is 21.7. The first-order valence-electron chi connectivity index (χ1n) is 24.7. The number of unbranched alkanes of at least 4 members (excludes halogenated alkanes) is 1. The molecule has 5 amide bonds. The molecule has 0 spiro atoms. The van der Waals surface area contributed by atoms with E-state index >= 15 is 9.59 Å². The minimum absolute atomic E-state index is 0.00699. The number of hydrogen-bond donors (Lipinski definition) is 6. The van der Waals surface area contributed by atoms with E-state index < -0.39 is 93.9 Å². The topological polar surface area (TPSA) is 248 Å². The van der Waals surface area contributed by atoms with Crippen LogP contribution in [0.1, 0.15) is 126 Å². The van der Waals surface area contributed by atoms with Crippen LogP contribution in [-0.2, 0) is 51.0 Å². The van der Waals surface area contributed by atoms with E-state index in [0.29, 0.717) is 18.4 Å². The van der Waals surface area contributed by atoms with Crippen LogP contribution in [0.3, 0.4) is 0 Å². The molecule has 18 heteroatoms. The number of Topliss-reactive ketones (excluding diaryl/α,β-unsaturated/α-hetero) is 2. The van der Waals surface area contributed by atoms with E-state index in [4.69, 9.17) is 14.2 Å². The van der Waals surface area contributed by atoms with Crippen LogP contribution in [0, 0.1) is 17.8 Å². The van der Waals surface area contributed by atoms with Gasteiger partial charge in [0, 0.05) is 32.7 Å². The first-order chi connectivity index (χ1) is 33.1. The predicted octanol–water partition coefficient (Wildman–Crippen LogP) is 6.52. The van der Waals surface area contributed by atoms with Gasteiger partial charge in [0.05, 0.1) is 17.9 Å². The lowest BCUT2D eigenvalue weighted by Crippen LogP contribution is -2.62. The lowest BCUT2D eigenvalue weighted by molar-refractivity contribution is -0.150. The van der Waals surface area contributed by atoms with E-state index in [2.05, 4.69) is 26.6 Å². The van der Waals surface area contributed by atoms with Crippen LogP contribution in [0.2, 0.25) is 0 Å². The molecule has 1 aliphatic rings. The summed E-state index contributed by atoms with van der Waals surface area (Å²) in [5.74, 6) is -6.45. The van der Waals surface area contributed by atoms with E-state index in [1.165, 1.54) is 4.90 Å². The molecule has 18 nitrogen and oxygen atoms in total. The Hall–Kier alpha value is -6.04. The lowest BCUT2D eigenvalue weighted by Gasteiger charge is -2.40. The van der Waals surface area contributed by atoms with Crippen molar-refractivity contribution in [2.75, 3.05) is 32.7 Å². The van der Waals surface area contributed by atoms with Crippen LogP contribution < -0.4 is 26.6 Å². The Labute approximate surface area is 419 Å². The van der Waals surface area contributed by atoms with Crippen molar-refractivity contribution >= 4 is 47.6 Å². The Bertz CT molecular complexity index is 2090. The van der Waals surface area contributed by atoms with Crippen molar-refractivity contribution in [3.05, 3.63) is 71.8 Å². The van der Waals surface area contributed by atoms with Gasteiger partial charge in [-0.3, -0.25) is 19.2 Å². The summed E-state index contributed by atoms with van der Waals surface area (Å²) in [6, 6.07) is 16.2. The van der Waals surface area contributed by atoms with Gasteiger partial charge in [-0.15, -0.1) is 0 Å². The summed E-state index contributed by atoms with van der Waals surface area (Å²) < 4.78 is 16.1. The maximum absolute atomic E-state index is 15.2. The molecule has 0 aromatic heterocycles. The average molecular weight is 993 g/mol. The van der Waals surface area contributed by atoms with Gasteiger partial charge >= 0.3 is 24.2 Å². The molecule has 2 aromatic rings. The summed E-state index contributed by atoms with van der Waals surface area (Å²) in [7, 11) is 0. The Balaban J connectivity index is 1.97. The van der Waals surface area contributed by atoms with Crippen molar-refractivity contribution in [1.29, 1.82) is 0 Å². The first-order valence-corrected chi connectivity index (χ1v) is 24.7. The molecule has 1 saturated heterocycles. The quantitative estimate of drug-likeness (QED) is 0.0373. The van der Waals surface area contributed by atoms with Gasteiger partial charge in [-0.25, -0.2) is 19.2 Å². The summed E-state index contributed by atoms with van der Waals surface area (Å²) in [5.41, 5.74) is -2.52. The molecule has 3 rings (SSSR count). The van der Waals surface area contributed by atoms with E-state index in [-0.39, 0.29) is 77.2 Å². The molecule has 0 bridgehead atoms. The number of piperidine rings is 1. The number of carboxylic acid groups (broad SMARTS) is 1. The Kier molecular flexibility index (Phi) is 22.5. The highest BCUT2D eigenvalue weighted by atomic mass is 16.6. The Morgan fingerprint density at radius 3 is 1.61 bits per heavy atom. The number of carbonyl (C=O) groups excluding carboxylic acids is 7. The third-order valence-corrected chi connectivity index (χ3v) is 11.4. The molecule has 0 aliphatic carbocycles. The van der Waals surface area contributed by atoms with Gasteiger partial charge in [0.1, 0.15) is 28.4 Å². The second-order valence-electron chi connectivity index (χ2n) is 21.7. The fourth-order valence-corrected chi connectivity index (χ4v) is 8.08. The van der Waals surface area contributed by atoms with Crippen LogP contribution in [0.25, 0.3) is 0 Å². The van der Waals surface area contributed by atoms with Gasteiger partial charge in [0.25, 0.3) is 0 Å². The number of benzene rings is 2. The third kappa shape index (κ3) is 21.5. The maximum Gasteiger partial charge on any atom is 0.408 e. The summed E-state index contributed by atoms with van der Waals surface area (Å²) in [4.78, 5) is 111. The number of carboxylic acids is 1. The zero-order chi connectivity index (χ0) is 53.2. The SMILES string of the molecule is CC(C)C[C@@H](C(=O)N[C@H](CCCCNC(=O)OC(C)(C)C)C(=O)N1CCC(NC(=O)OC(C)(C)C)(C(=O)O)CC1)C(=O)[C@@H](Cc1ccccc1)C(=O)[C@@H](Cc1ccccc1)NCCNC(=O)OC(C)(C)C. The van der Waals surface area contributed by atoms with Gasteiger partial charge in [-0.2, -0.15) is 0 Å². The molecule has 2 aromatic carbocycles. The van der Waals surface area contributed by atoms with E-state index in [0.717, 1.165) is 5.56 Å². The molecule has 0 unspecified atom stereocenters. The van der Waals surface area contributed by atoms with Gasteiger partial charge in [0.15, 0.2) is 11.6 Å². The average Bonchev–Trinajstić information content (AvgIpc) is 3.26. The fraction of sp³-hybridized carbons (Fsp3) is 0.623. The highest BCUT2D eigenvalue weighted by Crippen LogP contribution is 2.27. The number of ether oxygens (including phenoxy) is 3. The smallest absolute Gasteiger partial charge is 0.408 e. The first kappa shape index (κ1) is 59.3. The van der Waals surface area contributed by atoms with Crippen LogP contribution in [0.4, 0.5) is 14.4 Å². The predicted molar refractivity (Wildman–Crippen MR) is 268 cm³/mol. The lowest BCUT2D eigenvalue weighted by atomic mass is 9.78. The summed E-state index contributed by atoms with van der Waals surface area (Å²) >= 11 is 0. The third-order valence-electron chi connectivity index (χ3n) is 11.4. The van der Waals surface area contributed by atoms with Gasteiger partial charge in [-0.1, -0.05) is 74.5 Å². The van der Waals surface area contributed by atoms with Crippen LogP contribution in [-0.4, -0.2) is 125 Å². The molecule has 1 aliphatic heterocycles. The second kappa shape index (κ2) is 27.0. The van der Waals surface area contributed by atoms with Gasteiger partial charge in [-0.05, 0) is 131 Å². The number of nitrogens with zero attached hydrogens (tertiary/aromatic N) is 1. The van der Waals surface area contributed by atoms with E-state index in [9.17, 15) is 33.9 Å². The molecular weight excluding hydrogens is 913 g/mol. The summed E-state index contributed by atoms with van der Waals surface area (Å²) in [5, 5.41) is 24.3. The van der Waals surface area contributed by atoms with E-state index in [1.807, 2.05) is 62.4 Å². The largest absolute Gasteiger partial charge is 0.480 e. The molecule has 0 saturated carbocycles. The van der Waals surface area contributed by atoms with Gasteiger partial charge < -0.3 is 50.8 Å². The van der Waals surface area contributed by atoms with Crippen molar-refractivity contribution < 1.29 is 57.7 Å². The molecule has 0 radical (unpaired) electrons. The minimum Gasteiger partial charge on any atom is -0.480 e. The molecule has 394 valence electrons. The zero-order valence-electron chi connectivity index (χ0n) is 43.7. The van der Waals surface area contributed by atoms with Crippen molar-refractivity contribution in [3.8, 4) is 0 Å². The Morgan fingerprint density at radius 1 is 0.620 bits per heavy atom. The molecule has 1 fully saturated rings. The number of likely N-dealkylation sites (tertiary alicyclic amines) is 1. The molecule has 6 N–H and O–H groups in total. The number of alkyl carbamates (subject to hydrolysis) is 3. The van der Waals surface area contributed by atoms with Gasteiger partial charge in [0.2, 0.25) is 11.8 Å². The number of amides is 5. The maximum atomic E-state index is 15.2. The number of nitrogens with one attached hydrogen (secondary N) is 5. The number of hydrogen-bond acceptors (Lipinski definition) is 12. The van der Waals surface area contributed by atoms with E-state index in [1.54, 1.807) is 74.4 Å². The molecule has 71 heavy (non-hydrogen) atoms. The number of rotatable bonds is 24. The number of aliphatic carboxylic acids is 1. The molecule has 4 atom stereocenters. The normalized spacial score (nSPS) is 15.5. The Morgan fingerprint density at radius 2 is 1.11 bits per heavy atom. The zero-order valence-corrected chi connectivity index (χ0v) is 43.7. The fourth-order valence-electron chi connectivity index (χ4n) is 8.08. The number of ketones is 2. The highest BCUT2D eigenvalue weighted by molar-refractivity contribution is 6.13. The summed E-state index contributed by atoms with van der Waals surface area (Å²) in [6.07, 6.45) is -1.36. The van der Waals surface area contributed by atoms with Crippen molar-refractivity contribution in [3.63, 3.8) is 0 Å². The minimum atomic E-state index is -1.72. The number of carbonyl (C=O) groups is 8. The van der Waals surface area contributed by atoms with Crippen molar-refractivity contribution in [2.24, 2.45) is 17.8 Å². The van der Waals surface area contributed by atoms with Crippen LogP contribution >= 0.6 is 0 Å². The standard InChI is InChI=1S/C53H80N6O12/c1-35(2)32-39(42(60)38(33-36-20-14-12-15-21-36)43(61)41(34-37-22-16-13-17-23-37)54-28-29-56-48(67)70-51(6,7)8)44(62)57-40(24-18-19-27-55-47(66)69-50(3,4)5)45(63)59-30-25-53(26-31-59,46(64)65)58-49(68)71-52(9,10)11/h12-17,20-23,35,38-41,54H,18-19,24-34H2,1-11H3,(H,55,66)(H,56,67)(H,57,62)(H,58,68)(H,64,65)/t38-,39-,40-,41-/m1/s1. The highest BCUT2D eigenvalue weighted by Gasteiger charge is 2.46. The monoisotopic (exact) mass is 993 g/mol. The van der Waals surface area contributed by atoms with Crippen LogP contribution in [0.5, 0.6) is 0 Å². The van der Waals surface area contributed by atoms with Crippen molar-refractivity contribution in [1.82, 2.24) is 31.5 Å². The molecule has 1 heterocycles.